The first-order valence-corrected chi connectivity index (χ1v) is 9.85. The zero-order valence-corrected chi connectivity index (χ0v) is 16.8. The highest BCUT2D eigenvalue weighted by Gasteiger charge is 2.31. The molecule has 1 unspecified atom stereocenters. The van der Waals surface area contributed by atoms with Crippen molar-refractivity contribution in [2.24, 2.45) is 0 Å². The van der Waals surface area contributed by atoms with Crippen molar-refractivity contribution in [1.82, 2.24) is 15.1 Å². The van der Waals surface area contributed by atoms with Crippen LogP contribution in [-0.4, -0.2) is 46.4 Å². The molecular weight excluding hydrogens is 393 g/mol. The number of aromatic hydroxyl groups is 1. The van der Waals surface area contributed by atoms with E-state index in [2.05, 4.69) is 27.5 Å². The zero-order chi connectivity index (χ0) is 21.5. The van der Waals surface area contributed by atoms with Crippen LogP contribution in [0.25, 0.3) is 22.0 Å². The van der Waals surface area contributed by atoms with Crippen molar-refractivity contribution in [1.29, 1.82) is 0 Å². The number of phenolic OH excluding ortho intramolecular Hbond substituents is 1. The van der Waals surface area contributed by atoms with Gasteiger partial charge in [-0.05, 0) is 57.6 Å². The van der Waals surface area contributed by atoms with Crippen molar-refractivity contribution >= 4 is 16.6 Å². The summed E-state index contributed by atoms with van der Waals surface area (Å²) in [6.45, 7) is 3.93. The third-order valence-electron chi connectivity index (χ3n) is 5.48. The third-order valence-corrected chi connectivity index (χ3v) is 5.48. The van der Waals surface area contributed by atoms with E-state index >= 15 is 0 Å². The lowest BCUT2D eigenvalue weighted by Gasteiger charge is -2.30. The number of phenols is 1. The summed E-state index contributed by atoms with van der Waals surface area (Å²) in [5.41, 5.74) is 0.689. The Labute approximate surface area is 172 Å². The molecule has 0 saturated carbocycles. The fraction of sp³-hybridized carbons (Fsp3) is 0.364. The molecule has 0 bridgehead atoms. The lowest BCUT2D eigenvalue weighted by molar-refractivity contribution is -0.137. The number of nitrogens with one attached hydrogen (secondary N) is 1. The standard InChI is InChI=1S/C22H23F3N4O/c1-13-5-7-16-18(10-13)21(26-15-4-3-9-29(2)12-15)28-27-20(16)17-8-6-14(11-19(17)30)22(23,24)25/h5-8,10-11,15,30H,3-4,9,12H2,1-2H3,(H,26,28). The minimum Gasteiger partial charge on any atom is -0.507 e. The van der Waals surface area contributed by atoms with Crippen LogP contribution in [0.4, 0.5) is 19.0 Å². The summed E-state index contributed by atoms with van der Waals surface area (Å²) in [6.07, 6.45) is -2.40. The van der Waals surface area contributed by atoms with Crippen molar-refractivity contribution in [2.75, 3.05) is 25.5 Å². The Hall–Kier alpha value is -2.87. The molecule has 0 amide bonds. The smallest absolute Gasteiger partial charge is 0.416 e. The van der Waals surface area contributed by atoms with E-state index in [-0.39, 0.29) is 11.6 Å². The van der Waals surface area contributed by atoms with Gasteiger partial charge in [0.2, 0.25) is 0 Å². The fourth-order valence-electron chi connectivity index (χ4n) is 3.96. The van der Waals surface area contributed by atoms with E-state index in [1.54, 1.807) is 0 Å². The average molecular weight is 416 g/mol. The van der Waals surface area contributed by atoms with Crippen molar-refractivity contribution in [3.8, 4) is 17.0 Å². The molecule has 158 valence electrons. The van der Waals surface area contributed by atoms with Crippen molar-refractivity contribution in [3.63, 3.8) is 0 Å². The maximum absolute atomic E-state index is 13.0. The molecule has 3 aromatic rings. The van der Waals surface area contributed by atoms with Gasteiger partial charge in [-0.1, -0.05) is 17.7 Å². The van der Waals surface area contributed by atoms with Crippen LogP contribution in [0.3, 0.4) is 0 Å². The number of likely N-dealkylation sites (N-methyl/N-ethyl adjacent to an activating group) is 1. The number of benzene rings is 2. The third kappa shape index (κ3) is 4.05. The number of nitrogens with zero attached hydrogens (tertiary/aromatic N) is 3. The van der Waals surface area contributed by atoms with Crippen LogP contribution in [0.15, 0.2) is 36.4 Å². The molecule has 4 rings (SSSR count). The second-order valence-corrected chi connectivity index (χ2v) is 7.92. The molecule has 2 aromatic carbocycles. The Morgan fingerprint density at radius 3 is 2.60 bits per heavy atom. The van der Waals surface area contributed by atoms with Crippen molar-refractivity contribution < 1.29 is 18.3 Å². The zero-order valence-electron chi connectivity index (χ0n) is 16.8. The van der Waals surface area contributed by atoms with Gasteiger partial charge >= 0.3 is 6.18 Å². The molecule has 2 N–H and O–H groups in total. The van der Waals surface area contributed by atoms with Crippen LogP contribution in [0.2, 0.25) is 0 Å². The summed E-state index contributed by atoms with van der Waals surface area (Å²) < 4.78 is 38.9. The van der Waals surface area contributed by atoms with Gasteiger partial charge in [-0.3, -0.25) is 0 Å². The number of alkyl halides is 3. The maximum atomic E-state index is 13.0. The van der Waals surface area contributed by atoms with Crippen LogP contribution in [0.5, 0.6) is 5.75 Å². The summed E-state index contributed by atoms with van der Waals surface area (Å²) in [4.78, 5) is 2.26. The molecule has 30 heavy (non-hydrogen) atoms. The van der Waals surface area contributed by atoms with Crippen molar-refractivity contribution in [3.05, 3.63) is 47.5 Å². The highest BCUT2D eigenvalue weighted by molar-refractivity contribution is 6.01. The summed E-state index contributed by atoms with van der Waals surface area (Å²) in [7, 11) is 2.08. The number of hydrogen-bond donors (Lipinski definition) is 2. The monoisotopic (exact) mass is 416 g/mol. The molecule has 1 fully saturated rings. The predicted octanol–water partition coefficient (Wildman–Crippen LogP) is 4.84. The van der Waals surface area contributed by atoms with Crippen LogP contribution in [0, 0.1) is 6.92 Å². The summed E-state index contributed by atoms with van der Waals surface area (Å²) in [5, 5.41) is 23.9. The first-order chi connectivity index (χ1) is 14.2. The molecule has 0 aliphatic carbocycles. The van der Waals surface area contributed by atoms with Crippen LogP contribution in [0.1, 0.15) is 24.0 Å². The molecule has 5 nitrogen and oxygen atoms in total. The first-order valence-electron chi connectivity index (χ1n) is 9.85. The van der Waals surface area contributed by atoms with Gasteiger partial charge in [-0.2, -0.15) is 13.2 Å². The van der Waals surface area contributed by atoms with E-state index in [1.807, 2.05) is 25.1 Å². The largest absolute Gasteiger partial charge is 0.507 e. The number of aromatic nitrogens is 2. The molecule has 1 atom stereocenters. The molecule has 8 heteroatoms. The lowest BCUT2D eigenvalue weighted by atomic mass is 10.0. The Balaban J connectivity index is 1.78. The minimum atomic E-state index is -4.53. The van der Waals surface area contributed by atoms with Gasteiger partial charge < -0.3 is 15.3 Å². The number of rotatable bonds is 3. The van der Waals surface area contributed by atoms with Gasteiger partial charge in [0.05, 0.1) is 5.56 Å². The van der Waals surface area contributed by atoms with E-state index in [9.17, 15) is 18.3 Å². The SMILES string of the molecule is Cc1ccc2c(-c3ccc(C(F)(F)F)cc3O)nnc(NC3CCCN(C)C3)c2c1. The molecule has 0 radical (unpaired) electrons. The van der Waals surface area contributed by atoms with E-state index < -0.39 is 17.5 Å². The number of piperidine rings is 1. The van der Waals surface area contributed by atoms with Crippen LogP contribution < -0.4 is 5.32 Å². The van der Waals surface area contributed by atoms with Gasteiger partial charge in [0.1, 0.15) is 11.4 Å². The molecule has 2 heterocycles. The van der Waals surface area contributed by atoms with Gasteiger partial charge in [0.15, 0.2) is 5.82 Å². The van der Waals surface area contributed by atoms with Gasteiger partial charge in [-0.15, -0.1) is 10.2 Å². The Bertz CT molecular complexity index is 1080. The number of aryl methyl sites for hydroxylation is 1. The Morgan fingerprint density at radius 1 is 1.10 bits per heavy atom. The van der Waals surface area contributed by atoms with Crippen LogP contribution in [-0.2, 0) is 6.18 Å². The fourth-order valence-corrected chi connectivity index (χ4v) is 3.96. The average Bonchev–Trinajstić information content (AvgIpc) is 2.68. The van der Waals surface area contributed by atoms with Gasteiger partial charge in [-0.25, -0.2) is 0 Å². The second-order valence-electron chi connectivity index (χ2n) is 7.92. The second kappa shape index (κ2) is 7.75. The molecular formula is C22H23F3N4O. The lowest BCUT2D eigenvalue weighted by Crippen LogP contribution is -2.40. The summed E-state index contributed by atoms with van der Waals surface area (Å²) >= 11 is 0. The quantitative estimate of drug-likeness (QED) is 0.640. The van der Waals surface area contributed by atoms with Crippen LogP contribution >= 0.6 is 0 Å². The maximum Gasteiger partial charge on any atom is 0.416 e. The molecule has 1 aromatic heterocycles. The minimum absolute atomic E-state index is 0.216. The first kappa shape index (κ1) is 20.4. The topological polar surface area (TPSA) is 61.3 Å². The van der Waals surface area contributed by atoms with Gasteiger partial charge in [0, 0.05) is 28.9 Å². The summed E-state index contributed by atoms with van der Waals surface area (Å²) in [6, 6.07) is 8.90. The normalized spacial score (nSPS) is 18.0. The molecule has 1 saturated heterocycles. The van der Waals surface area contributed by atoms with Gasteiger partial charge in [0.25, 0.3) is 0 Å². The van der Waals surface area contributed by atoms with E-state index in [1.165, 1.54) is 6.07 Å². The number of halogens is 3. The summed E-state index contributed by atoms with van der Waals surface area (Å²) in [5.74, 6) is 0.166. The number of hydrogen-bond acceptors (Lipinski definition) is 5. The highest BCUT2D eigenvalue weighted by Crippen LogP contribution is 2.39. The Morgan fingerprint density at radius 2 is 1.90 bits per heavy atom. The Kier molecular flexibility index (Phi) is 5.27. The number of fused-ring (bicyclic) bond motifs is 1. The van der Waals surface area contributed by atoms with E-state index in [0.717, 1.165) is 54.4 Å². The molecule has 1 aliphatic heterocycles. The number of anilines is 1. The van der Waals surface area contributed by atoms with Crippen molar-refractivity contribution in [2.45, 2.75) is 32.0 Å². The van der Waals surface area contributed by atoms with E-state index in [0.29, 0.717) is 11.5 Å². The number of likely N-dealkylation sites (tertiary alicyclic amines) is 1. The van der Waals surface area contributed by atoms with E-state index in [4.69, 9.17) is 0 Å². The predicted molar refractivity (Wildman–Crippen MR) is 111 cm³/mol. The molecule has 0 spiro atoms. The molecule has 1 aliphatic rings. The highest BCUT2D eigenvalue weighted by atomic mass is 19.4.